The van der Waals surface area contributed by atoms with Crippen LogP contribution in [0.25, 0.3) is 0 Å². The van der Waals surface area contributed by atoms with Crippen molar-refractivity contribution in [2.24, 2.45) is 0 Å². The lowest BCUT2D eigenvalue weighted by Crippen LogP contribution is -2.32. The van der Waals surface area contributed by atoms with Gasteiger partial charge in [-0.3, -0.25) is 0 Å². The van der Waals surface area contributed by atoms with E-state index in [-0.39, 0.29) is 11.9 Å². The lowest BCUT2D eigenvalue weighted by atomic mass is 10.1. The third kappa shape index (κ3) is 2.58. The Morgan fingerprint density at radius 3 is 2.82 bits per heavy atom. The average molecular weight is 239 g/mol. The summed E-state index contributed by atoms with van der Waals surface area (Å²) < 4.78 is 19.2. The average Bonchev–Trinajstić information content (AvgIpc) is 2.81. The second-order valence-electron chi connectivity index (χ2n) is 4.52. The summed E-state index contributed by atoms with van der Waals surface area (Å²) in [6.07, 6.45) is 0.285. The molecule has 0 spiro atoms. The van der Waals surface area contributed by atoms with Crippen LogP contribution in [0.5, 0.6) is 0 Å². The van der Waals surface area contributed by atoms with Crippen LogP contribution in [0.1, 0.15) is 25.0 Å². The van der Waals surface area contributed by atoms with E-state index < -0.39 is 6.10 Å². The predicted octanol–water partition coefficient (Wildman–Crippen LogP) is 2.10. The number of rotatable bonds is 3. The summed E-state index contributed by atoms with van der Waals surface area (Å²) in [5, 5.41) is 9.39. The molecule has 1 unspecified atom stereocenters. The molecule has 1 aliphatic heterocycles. The van der Waals surface area contributed by atoms with Gasteiger partial charge in [-0.05, 0) is 31.0 Å². The summed E-state index contributed by atoms with van der Waals surface area (Å²) in [5.74, 6) is -0.294. The fourth-order valence-corrected chi connectivity index (χ4v) is 2.09. The third-order valence-corrected chi connectivity index (χ3v) is 3.29. The first-order chi connectivity index (χ1) is 8.09. The van der Waals surface area contributed by atoms with Crippen molar-refractivity contribution in [2.45, 2.75) is 25.5 Å². The van der Waals surface area contributed by atoms with E-state index in [1.807, 2.05) is 11.9 Å². The van der Waals surface area contributed by atoms with Gasteiger partial charge in [0, 0.05) is 13.7 Å². The van der Waals surface area contributed by atoms with Gasteiger partial charge in [0.25, 0.3) is 0 Å². The topological polar surface area (TPSA) is 32.7 Å². The fraction of sp³-hybridized carbons (Fsp3) is 0.538. The molecule has 0 bridgehead atoms. The van der Waals surface area contributed by atoms with Crippen LogP contribution in [-0.4, -0.2) is 31.4 Å². The van der Waals surface area contributed by atoms with Gasteiger partial charge >= 0.3 is 0 Å². The summed E-state index contributed by atoms with van der Waals surface area (Å²) in [6.45, 7) is 3.01. The molecule has 1 aromatic carbocycles. The van der Waals surface area contributed by atoms with Crippen LogP contribution in [0.4, 0.5) is 10.1 Å². The molecule has 4 heteroatoms. The van der Waals surface area contributed by atoms with Crippen LogP contribution >= 0.6 is 0 Å². The molecular weight excluding hydrogens is 221 g/mol. The number of halogens is 1. The second-order valence-corrected chi connectivity index (χ2v) is 4.52. The number of ether oxygens (including phenoxy) is 1. The van der Waals surface area contributed by atoms with E-state index in [1.54, 1.807) is 19.1 Å². The highest BCUT2D eigenvalue weighted by atomic mass is 19.1. The number of likely N-dealkylation sites (N-methyl/N-ethyl adjacent to an activating group) is 1. The van der Waals surface area contributed by atoms with E-state index in [4.69, 9.17) is 4.74 Å². The summed E-state index contributed by atoms with van der Waals surface area (Å²) in [7, 11) is 1.87. The number of nitrogens with zero attached hydrogens (tertiary/aromatic N) is 1. The van der Waals surface area contributed by atoms with E-state index in [0.717, 1.165) is 13.0 Å². The highest BCUT2D eigenvalue weighted by Crippen LogP contribution is 2.26. The smallest absolute Gasteiger partial charge is 0.146 e. The maximum Gasteiger partial charge on any atom is 0.146 e. The molecule has 1 heterocycles. The summed E-state index contributed by atoms with van der Waals surface area (Å²) in [6, 6.07) is 5.11. The van der Waals surface area contributed by atoms with Crippen molar-refractivity contribution in [3.63, 3.8) is 0 Å². The Morgan fingerprint density at radius 2 is 2.29 bits per heavy atom. The molecule has 0 amide bonds. The van der Waals surface area contributed by atoms with Crippen LogP contribution in [0, 0.1) is 5.82 Å². The highest BCUT2D eigenvalue weighted by Gasteiger charge is 2.22. The summed E-state index contributed by atoms with van der Waals surface area (Å²) in [4.78, 5) is 1.91. The van der Waals surface area contributed by atoms with Gasteiger partial charge < -0.3 is 14.7 Å². The van der Waals surface area contributed by atoms with Gasteiger partial charge in [0.15, 0.2) is 0 Å². The molecule has 94 valence electrons. The quantitative estimate of drug-likeness (QED) is 0.876. The molecule has 1 aromatic rings. The summed E-state index contributed by atoms with van der Waals surface area (Å²) in [5.41, 5.74) is 1.16. The highest BCUT2D eigenvalue weighted by molar-refractivity contribution is 5.49. The van der Waals surface area contributed by atoms with Crippen LogP contribution in [-0.2, 0) is 4.74 Å². The monoisotopic (exact) mass is 239 g/mol. The van der Waals surface area contributed by atoms with Gasteiger partial charge in [0.2, 0.25) is 0 Å². The molecule has 0 saturated carbocycles. The Balaban J connectivity index is 2.20. The standard InChI is InChI=1S/C13H18FNO2/c1-9(16)10-3-4-13(12(14)7-10)15(2)11-5-6-17-8-11/h3-4,7,9,11,16H,5-6,8H2,1-2H3/t9-,11?/m0/s1. The first-order valence-electron chi connectivity index (χ1n) is 5.87. The normalized spacial score (nSPS) is 21.5. The summed E-state index contributed by atoms with van der Waals surface area (Å²) >= 11 is 0. The molecule has 2 atom stereocenters. The van der Waals surface area contributed by atoms with Gasteiger partial charge in [-0.25, -0.2) is 4.39 Å². The van der Waals surface area contributed by atoms with Gasteiger partial charge in [0.1, 0.15) is 5.82 Å². The van der Waals surface area contributed by atoms with Crippen LogP contribution in [0.3, 0.4) is 0 Å². The zero-order valence-corrected chi connectivity index (χ0v) is 10.2. The van der Waals surface area contributed by atoms with Gasteiger partial charge in [-0.15, -0.1) is 0 Å². The maximum atomic E-state index is 13.9. The third-order valence-electron chi connectivity index (χ3n) is 3.29. The van der Waals surface area contributed by atoms with E-state index in [9.17, 15) is 9.50 Å². The Labute approximate surface area is 101 Å². The van der Waals surface area contributed by atoms with E-state index >= 15 is 0 Å². The molecule has 1 aliphatic rings. The fourth-order valence-electron chi connectivity index (χ4n) is 2.09. The van der Waals surface area contributed by atoms with Crippen molar-refractivity contribution in [1.29, 1.82) is 0 Å². The molecule has 0 radical (unpaired) electrons. The van der Waals surface area contributed by atoms with Crippen LogP contribution in [0.15, 0.2) is 18.2 Å². The molecule has 3 nitrogen and oxygen atoms in total. The molecule has 17 heavy (non-hydrogen) atoms. The number of aliphatic hydroxyl groups is 1. The molecule has 1 fully saturated rings. The largest absolute Gasteiger partial charge is 0.389 e. The first kappa shape index (κ1) is 12.3. The molecule has 1 saturated heterocycles. The van der Waals surface area contributed by atoms with Crippen molar-refractivity contribution >= 4 is 5.69 Å². The van der Waals surface area contributed by atoms with Crippen molar-refractivity contribution < 1.29 is 14.2 Å². The molecule has 2 rings (SSSR count). The van der Waals surface area contributed by atoms with Gasteiger partial charge in [0.05, 0.1) is 24.4 Å². The first-order valence-corrected chi connectivity index (χ1v) is 5.87. The van der Waals surface area contributed by atoms with Crippen molar-refractivity contribution in [1.82, 2.24) is 0 Å². The van der Waals surface area contributed by atoms with Gasteiger partial charge in [-0.2, -0.15) is 0 Å². The zero-order valence-electron chi connectivity index (χ0n) is 10.2. The lowest BCUT2D eigenvalue weighted by Gasteiger charge is -2.26. The minimum absolute atomic E-state index is 0.238. The van der Waals surface area contributed by atoms with Crippen LogP contribution < -0.4 is 4.90 Å². The Hall–Kier alpha value is -1.13. The van der Waals surface area contributed by atoms with Crippen molar-refractivity contribution in [2.75, 3.05) is 25.2 Å². The number of hydrogen-bond acceptors (Lipinski definition) is 3. The van der Waals surface area contributed by atoms with Crippen molar-refractivity contribution in [3.05, 3.63) is 29.6 Å². The number of benzene rings is 1. The van der Waals surface area contributed by atoms with Gasteiger partial charge in [-0.1, -0.05) is 6.07 Å². The van der Waals surface area contributed by atoms with Crippen LogP contribution in [0.2, 0.25) is 0 Å². The Morgan fingerprint density at radius 1 is 1.53 bits per heavy atom. The minimum atomic E-state index is -0.640. The second kappa shape index (κ2) is 5.02. The number of aliphatic hydroxyl groups excluding tert-OH is 1. The lowest BCUT2D eigenvalue weighted by molar-refractivity contribution is 0.193. The van der Waals surface area contributed by atoms with E-state index in [0.29, 0.717) is 17.9 Å². The molecule has 0 aliphatic carbocycles. The Kier molecular flexibility index (Phi) is 3.64. The molecular formula is C13H18FNO2. The van der Waals surface area contributed by atoms with E-state index in [1.165, 1.54) is 6.07 Å². The Bertz CT molecular complexity index is 389. The van der Waals surface area contributed by atoms with E-state index in [2.05, 4.69) is 0 Å². The predicted molar refractivity (Wildman–Crippen MR) is 64.7 cm³/mol. The SMILES string of the molecule is C[C@H](O)c1ccc(N(C)C2CCOC2)c(F)c1. The minimum Gasteiger partial charge on any atom is -0.389 e. The van der Waals surface area contributed by atoms with Crippen molar-refractivity contribution in [3.8, 4) is 0 Å². The number of anilines is 1. The zero-order chi connectivity index (χ0) is 12.4. The number of hydrogen-bond donors (Lipinski definition) is 1. The molecule has 1 N–H and O–H groups in total. The molecule has 0 aromatic heterocycles. The maximum absolute atomic E-state index is 13.9.